The lowest BCUT2D eigenvalue weighted by atomic mass is 10.1. The predicted octanol–water partition coefficient (Wildman–Crippen LogP) is 1.95. The van der Waals surface area contributed by atoms with Crippen LogP contribution in [0, 0.1) is 17.0 Å². The van der Waals surface area contributed by atoms with E-state index in [1.54, 1.807) is 24.3 Å². The average Bonchev–Trinajstić information content (AvgIpc) is 2.70. The highest BCUT2D eigenvalue weighted by Gasteiger charge is 2.19. The Balaban J connectivity index is 1.75. The van der Waals surface area contributed by atoms with Crippen LogP contribution in [0.25, 0.3) is 10.8 Å². The summed E-state index contributed by atoms with van der Waals surface area (Å²) in [4.78, 5) is 47.1. The van der Waals surface area contributed by atoms with Gasteiger partial charge in [0.1, 0.15) is 0 Å². The highest BCUT2D eigenvalue weighted by Crippen LogP contribution is 2.25. The minimum Gasteiger partial charge on any atom is -0.451 e. The molecule has 0 aliphatic heterocycles. The number of carbonyl (C=O) groups excluding carboxylic acids is 2. The third-order valence-corrected chi connectivity index (χ3v) is 4.26. The number of esters is 1. The second-order valence-corrected chi connectivity index (χ2v) is 6.15. The quantitative estimate of drug-likeness (QED) is 0.396. The lowest BCUT2D eigenvalue weighted by molar-refractivity contribution is -0.385. The molecule has 0 fully saturated rings. The number of hydrogen-bond acceptors (Lipinski definition) is 7. The molecule has 29 heavy (non-hydrogen) atoms. The monoisotopic (exact) mass is 396 g/mol. The highest BCUT2D eigenvalue weighted by molar-refractivity contribution is 6.03. The molecule has 0 aliphatic rings. The fourth-order valence-electron chi connectivity index (χ4n) is 2.79. The molecule has 0 atom stereocenters. The average molecular weight is 396 g/mol. The Morgan fingerprint density at radius 2 is 1.86 bits per heavy atom. The summed E-state index contributed by atoms with van der Waals surface area (Å²) in [5.41, 5.74) is -0.0763. The van der Waals surface area contributed by atoms with Gasteiger partial charge in [-0.05, 0) is 19.1 Å². The minimum atomic E-state index is -0.872. The molecule has 3 aromatic rings. The third kappa shape index (κ3) is 3.95. The van der Waals surface area contributed by atoms with Gasteiger partial charge in [-0.1, -0.05) is 24.3 Å². The van der Waals surface area contributed by atoms with Gasteiger partial charge in [0.25, 0.3) is 17.2 Å². The molecule has 148 valence electrons. The van der Waals surface area contributed by atoms with Gasteiger partial charge in [0.05, 0.1) is 21.6 Å². The van der Waals surface area contributed by atoms with E-state index >= 15 is 0 Å². The van der Waals surface area contributed by atoms with Crippen LogP contribution in [0.4, 0.5) is 11.4 Å². The molecule has 0 saturated heterocycles. The summed E-state index contributed by atoms with van der Waals surface area (Å²) in [7, 11) is 1.41. The first-order valence-electron chi connectivity index (χ1n) is 8.46. The summed E-state index contributed by atoms with van der Waals surface area (Å²) in [6.45, 7) is 0.875. The van der Waals surface area contributed by atoms with E-state index in [1.165, 1.54) is 32.2 Å². The van der Waals surface area contributed by atoms with Gasteiger partial charge in [0.15, 0.2) is 12.3 Å². The normalized spacial score (nSPS) is 10.6. The zero-order valence-corrected chi connectivity index (χ0v) is 15.5. The standard InChI is InChI=1S/C19H16N4O6/c1-11-14(8-5-9-15(11)23(27)28)20-16(24)10-29-19(26)17-12-6-3-4-7-13(12)18(25)22(2)21-17/h3-9H,10H2,1-2H3,(H,20,24). The van der Waals surface area contributed by atoms with Gasteiger partial charge in [-0.15, -0.1) is 0 Å². The molecule has 1 heterocycles. The summed E-state index contributed by atoms with van der Waals surface area (Å²) >= 11 is 0. The van der Waals surface area contributed by atoms with Gasteiger partial charge in [0, 0.05) is 18.5 Å². The van der Waals surface area contributed by atoms with Crippen LogP contribution in [0.2, 0.25) is 0 Å². The maximum Gasteiger partial charge on any atom is 0.359 e. The van der Waals surface area contributed by atoms with Crippen molar-refractivity contribution in [1.82, 2.24) is 9.78 Å². The van der Waals surface area contributed by atoms with Gasteiger partial charge >= 0.3 is 5.97 Å². The second kappa shape index (κ2) is 7.89. The van der Waals surface area contributed by atoms with Crippen LogP contribution >= 0.6 is 0 Å². The Hall–Kier alpha value is -4.08. The number of nitrogens with zero attached hydrogens (tertiary/aromatic N) is 3. The van der Waals surface area contributed by atoms with Gasteiger partial charge in [-0.2, -0.15) is 5.10 Å². The number of nitro benzene ring substituents is 1. The molecule has 1 amide bonds. The van der Waals surface area contributed by atoms with Crippen molar-refractivity contribution in [3.63, 3.8) is 0 Å². The van der Waals surface area contributed by atoms with E-state index in [4.69, 9.17) is 4.74 Å². The Kier molecular flexibility index (Phi) is 5.35. The highest BCUT2D eigenvalue weighted by atomic mass is 16.6. The number of fused-ring (bicyclic) bond motifs is 1. The molecule has 0 bridgehead atoms. The van der Waals surface area contributed by atoms with Crippen molar-refractivity contribution in [2.45, 2.75) is 6.92 Å². The number of nitro groups is 1. The van der Waals surface area contributed by atoms with E-state index in [9.17, 15) is 24.5 Å². The summed E-state index contributed by atoms with van der Waals surface area (Å²) in [6, 6.07) is 10.7. The first-order valence-corrected chi connectivity index (χ1v) is 8.46. The summed E-state index contributed by atoms with van der Waals surface area (Å²) in [5, 5.41) is 18.0. The van der Waals surface area contributed by atoms with Crippen LogP contribution in [0.3, 0.4) is 0 Å². The number of amides is 1. The number of hydrogen-bond donors (Lipinski definition) is 1. The Bertz CT molecular complexity index is 1200. The van der Waals surface area contributed by atoms with Gasteiger partial charge in [0.2, 0.25) is 0 Å². The molecule has 1 aromatic heterocycles. The fourth-order valence-corrected chi connectivity index (χ4v) is 2.79. The Morgan fingerprint density at radius 1 is 1.17 bits per heavy atom. The minimum absolute atomic E-state index is 0.0953. The SMILES string of the molecule is Cc1c(NC(=O)COC(=O)c2nn(C)c(=O)c3ccccc23)cccc1[N+](=O)[O-]. The smallest absolute Gasteiger partial charge is 0.359 e. The summed E-state index contributed by atoms with van der Waals surface area (Å²) in [6.07, 6.45) is 0. The van der Waals surface area contributed by atoms with E-state index in [2.05, 4.69) is 10.4 Å². The van der Waals surface area contributed by atoms with Gasteiger partial charge in [-0.25, -0.2) is 9.48 Å². The van der Waals surface area contributed by atoms with Crippen molar-refractivity contribution in [3.8, 4) is 0 Å². The fraction of sp³-hybridized carbons (Fsp3) is 0.158. The zero-order valence-electron chi connectivity index (χ0n) is 15.5. The van der Waals surface area contributed by atoms with Crippen LogP contribution in [-0.2, 0) is 16.6 Å². The Labute approximate surface area is 163 Å². The molecule has 3 rings (SSSR count). The number of aryl methyl sites for hydroxylation is 1. The van der Waals surface area contributed by atoms with Gasteiger partial charge < -0.3 is 10.1 Å². The van der Waals surface area contributed by atoms with E-state index in [-0.39, 0.29) is 28.2 Å². The molecule has 10 nitrogen and oxygen atoms in total. The van der Waals surface area contributed by atoms with Crippen molar-refractivity contribution in [3.05, 3.63) is 74.2 Å². The van der Waals surface area contributed by atoms with Crippen LogP contribution in [0.15, 0.2) is 47.3 Å². The van der Waals surface area contributed by atoms with Crippen molar-refractivity contribution in [2.24, 2.45) is 7.05 Å². The lowest BCUT2D eigenvalue weighted by Gasteiger charge is -2.10. The number of rotatable bonds is 5. The number of carbonyl (C=O) groups is 2. The largest absolute Gasteiger partial charge is 0.451 e. The molecule has 0 saturated carbocycles. The number of ether oxygens (including phenoxy) is 1. The van der Waals surface area contributed by atoms with E-state index in [0.29, 0.717) is 10.8 Å². The first kappa shape index (κ1) is 19.7. The van der Waals surface area contributed by atoms with Crippen LogP contribution < -0.4 is 10.9 Å². The van der Waals surface area contributed by atoms with E-state index < -0.39 is 23.4 Å². The summed E-state index contributed by atoms with van der Waals surface area (Å²) < 4.78 is 6.04. The lowest BCUT2D eigenvalue weighted by Crippen LogP contribution is -2.26. The summed E-state index contributed by atoms with van der Waals surface area (Å²) in [5.74, 6) is -1.54. The van der Waals surface area contributed by atoms with E-state index in [1.807, 2.05) is 0 Å². The number of anilines is 1. The predicted molar refractivity (Wildman–Crippen MR) is 104 cm³/mol. The maximum absolute atomic E-state index is 12.4. The van der Waals surface area contributed by atoms with Crippen molar-refractivity contribution < 1.29 is 19.2 Å². The molecule has 10 heteroatoms. The van der Waals surface area contributed by atoms with E-state index in [0.717, 1.165) is 4.68 Å². The molecular weight excluding hydrogens is 380 g/mol. The molecule has 0 spiro atoms. The maximum atomic E-state index is 12.4. The first-order chi connectivity index (χ1) is 13.8. The van der Waals surface area contributed by atoms with Crippen LogP contribution in [0.1, 0.15) is 16.1 Å². The number of benzene rings is 2. The molecule has 1 N–H and O–H groups in total. The van der Waals surface area contributed by atoms with Crippen molar-refractivity contribution in [1.29, 1.82) is 0 Å². The molecule has 2 aromatic carbocycles. The zero-order chi connectivity index (χ0) is 21.1. The molecule has 0 radical (unpaired) electrons. The molecule has 0 unspecified atom stereocenters. The topological polar surface area (TPSA) is 133 Å². The van der Waals surface area contributed by atoms with Gasteiger partial charge in [-0.3, -0.25) is 19.7 Å². The second-order valence-electron chi connectivity index (χ2n) is 6.15. The third-order valence-electron chi connectivity index (χ3n) is 4.26. The number of nitrogens with one attached hydrogen (secondary N) is 1. The van der Waals surface area contributed by atoms with Crippen LogP contribution in [-0.4, -0.2) is 33.2 Å². The Morgan fingerprint density at radius 3 is 2.55 bits per heavy atom. The van der Waals surface area contributed by atoms with Crippen molar-refractivity contribution >= 4 is 34.0 Å². The molecular formula is C19H16N4O6. The number of aromatic nitrogens is 2. The van der Waals surface area contributed by atoms with Crippen molar-refractivity contribution in [2.75, 3.05) is 11.9 Å². The molecule has 0 aliphatic carbocycles. The van der Waals surface area contributed by atoms with Crippen LogP contribution in [0.5, 0.6) is 0 Å².